The summed E-state index contributed by atoms with van der Waals surface area (Å²) in [6.07, 6.45) is 4.98. The number of carbonyl (C=O) groups is 1. The molecule has 108 valence electrons. The van der Waals surface area contributed by atoms with Gasteiger partial charge in [-0.3, -0.25) is 0 Å². The summed E-state index contributed by atoms with van der Waals surface area (Å²) >= 11 is 0. The van der Waals surface area contributed by atoms with Gasteiger partial charge in [-0.1, -0.05) is 25.1 Å². The van der Waals surface area contributed by atoms with Gasteiger partial charge in [-0.15, -0.1) is 0 Å². The first kappa shape index (κ1) is 14.7. The summed E-state index contributed by atoms with van der Waals surface area (Å²) in [6.45, 7) is 2.62. The molecule has 1 aliphatic heterocycles. The van der Waals surface area contributed by atoms with Crippen molar-refractivity contribution in [3.8, 4) is 0 Å². The molecule has 0 fully saturated rings. The van der Waals surface area contributed by atoms with Crippen molar-refractivity contribution in [1.29, 1.82) is 0 Å². The molecule has 5 nitrogen and oxygen atoms in total. The summed E-state index contributed by atoms with van der Waals surface area (Å²) in [5, 5.41) is 9.03. The normalized spacial score (nSPS) is 16.2. The van der Waals surface area contributed by atoms with Gasteiger partial charge in [0.05, 0.1) is 10.5 Å². The van der Waals surface area contributed by atoms with E-state index < -0.39 is 16.0 Å². The molecule has 0 unspecified atom stereocenters. The number of aryl methyl sites for hydroxylation is 1. The molecular formula is C14H17NO4S. The number of hydrogen-bond donors (Lipinski definition) is 1. The highest BCUT2D eigenvalue weighted by atomic mass is 32.2. The highest BCUT2D eigenvalue weighted by Gasteiger charge is 2.27. The fourth-order valence-electron chi connectivity index (χ4n) is 2.20. The third-order valence-corrected chi connectivity index (χ3v) is 5.28. The summed E-state index contributed by atoms with van der Waals surface area (Å²) < 4.78 is 26.7. The zero-order chi connectivity index (χ0) is 14.8. The molecule has 0 atom stereocenters. The summed E-state index contributed by atoms with van der Waals surface area (Å²) in [6, 6.07) is 4.28. The summed E-state index contributed by atoms with van der Waals surface area (Å²) in [5.74, 6) is -1.12. The molecule has 0 amide bonds. The number of sulfonamides is 1. The van der Waals surface area contributed by atoms with E-state index in [1.807, 2.05) is 19.1 Å². The number of hydrogen-bond acceptors (Lipinski definition) is 3. The maximum Gasteiger partial charge on any atom is 0.335 e. The Morgan fingerprint density at radius 3 is 2.65 bits per heavy atom. The Morgan fingerprint density at radius 1 is 1.35 bits per heavy atom. The molecule has 20 heavy (non-hydrogen) atoms. The van der Waals surface area contributed by atoms with E-state index in [4.69, 9.17) is 5.11 Å². The van der Waals surface area contributed by atoms with Gasteiger partial charge in [0.2, 0.25) is 10.0 Å². The van der Waals surface area contributed by atoms with E-state index in [1.165, 1.54) is 16.4 Å². The van der Waals surface area contributed by atoms with Crippen molar-refractivity contribution >= 4 is 16.0 Å². The van der Waals surface area contributed by atoms with Crippen molar-refractivity contribution in [2.24, 2.45) is 0 Å². The van der Waals surface area contributed by atoms with Crippen molar-refractivity contribution in [2.75, 3.05) is 13.1 Å². The van der Waals surface area contributed by atoms with E-state index in [1.54, 1.807) is 6.07 Å². The second-order valence-electron chi connectivity index (χ2n) is 4.60. The predicted molar refractivity (Wildman–Crippen MR) is 75.3 cm³/mol. The van der Waals surface area contributed by atoms with Crippen LogP contribution in [0.25, 0.3) is 0 Å². The molecule has 0 spiro atoms. The Hall–Kier alpha value is -1.66. The first-order valence-corrected chi connectivity index (χ1v) is 7.92. The first-order valence-electron chi connectivity index (χ1n) is 6.48. The highest BCUT2D eigenvalue weighted by Crippen LogP contribution is 2.24. The van der Waals surface area contributed by atoms with E-state index in [0.717, 1.165) is 0 Å². The standard InChI is InChI=1S/C14H17NO4S/c1-2-11-6-7-12(14(16)17)10-13(11)20(18,19)15-8-4-3-5-9-15/h3-4,6-7,10H,2,5,8-9H2,1H3,(H,16,17). The number of rotatable bonds is 4. The third kappa shape index (κ3) is 2.76. The van der Waals surface area contributed by atoms with Gasteiger partial charge in [0.1, 0.15) is 0 Å². The molecule has 1 N–H and O–H groups in total. The van der Waals surface area contributed by atoms with Crippen LogP contribution in [-0.2, 0) is 16.4 Å². The maximum atomic E-state index is 12.6. The van der Waals surface area contributed by atoms with E-state index >= 15 is 0 Å². The van der Waals surface area contributed by atoms with Gasteiger partial charge in [0.25, 0.3) is 0 Å². The smallest absolute Gasteiger partial charge is 0.335 e. The second kappa shape index (κ2) is 5.76. The second-order valence-corrected chi connectivity index (χ2v) is 6.51. The number of carboxylic acids is 1. The minimum Gasteiger partial charge on any atom is -0.478 e. The minimum atomic E-state index is -3.64. The zero-order valence-electron chi connectivity index (χ0n) is 11.2. The Balaban J connectivity index is 2.51. The van der Waals surface area contributed by atoms with Crippen molar-refractivity contribution in [1.82, 2.24) is 4.31 Å². The number of nitrogens with zero attached hydrogens (tertiary/aromatic N) is 1. The Morgan fingerprint density at radius 2 is 2.10 bits per heavy atom. The molecule has 0 bridgehead atoms. The lowest BCUT2D eigenvalue weighted by atomic mass is 10.1. The van der Waals surface area contributed by atoms with Gasteiger partial charge in [-0.2, -0.15) is 4.31 Å². The maximum absolute atomic E-state index is 12.6. The molecule has 2 rings (SSSR count). The van der Waals surface area contributed by atoms with E-state index in [9.17, 15) is 13.2 Å². The summed E-state index contributed by atoms with van der Waals surface area (Å²) in [5.41, 5.74) is 0.637. The number of benzene rings is 1. The van der Waals surface area contributed by atoms with Crippen LogP contribution < -0.4 is 0 Å². The highest BCUT2D eigenvalue weighted by molar-refractivity contribution is 7.89. The van der Waals surface area contributed by atoms with Crippen molar-refractivity contribution in [3.63, 3.8) is 0 Å². The minimum absolute atomic E-state index is 0.00618. The Labute approximate surface area is 118 Å². The molecule has 1 aliphatic rings. The van der Waals surface area contributed by atoms with Crippen molar-refractivity contribution in [2.45, 2.75) is 24.7 Å². The van der Waals surface area contributed by atoms with Crippen LogP contribution in [0.2, 0.25) is 0 Å². The molecule has 1 aromatic carbocycles. The first-order chi connectivity index (χ1) is 9.46. The average molecular weight is 295 g/mol. The lowest BCUT2D eigenvalue weighted by Crippen LogP contribution is -2.34. The summed E-state index contributed by atoms with van der Waals surface area (Å²) in [7, 11) is -3.64. The van der Waals surface area contributed by atoms with Crippen LogP contribution in [0, 0.1) is 0 Å². The molecule has 0 aliphatic carbocycles. The molecule has 6 heteroatoms. The lowest BCUT2D eigenvalue weighted by molar-refractivity contribution is 0.0696. The summed E-state index contributed by atoms with van der Waals surface area (Å²) in [4.78, 5) is 11.1. The number of carboxylic acid groups (broad SMARTS) is 1. The van der Waals surface area contributed by atoms with Crippen LogP contribution in [-0.4, -0.2) is 36.9 Å². The van der Waals surface area contributed by atoms with Gasteiger partial charge in [0.15, 0.2) is 0 Å². The molecule has 0 saturated heterocycles. The van der Waals surface area contributed by atoms with Crippen LogP contribution in [0.3, 0.4) is 0 Å². The Kier molecular flexibility index (Phi) is 4.25. The largest absolute Gasteiger partial charge is 0.478 e. The van der Waals surface area contributed by atoms with Gasteiger partial charge in [-0.05, 0) is 30.5 Å². The van der Waals surface area contributed by atoms with Crippen LogP contribution in [0.4, 0.5) is 0 Å². The monoisotopic (exact) mass is 295 g/mol. The average Bonchev–Trinajstić information content (AvgIpc) is 2.47. The molecule has 0 saturated carbocycles. The molecule has 0 aromatic heterocycles. The fourth-order valence-corrected chi connectivity index (χ4v) is 3.92. The number of aromatic carboxylic acids is 1. The molecule has 1 aromatic rings. The van der Waals surface area contributed by atoms with E-state index in [-0.39, 0.29) is 10.5 Å². The topological polar surface area (TPSA) is 74.7 Å². The fraction of sp³-hybridized carbons (Fsp3) is 0.357. The quantitative estimate of drug-likeness (QED) is 0.861. The van der Waals surface area contributed by atoms with Gasteiger partial charge in [-0.25, -0.2) is 13.2 Å². The predicted octanol–water partition coefficient (Wildman–Crippen LogP) is 1.90. The van der Waals surface area contributed by atoms with Crippen molar-refractivity contribution in [3.05, 3.63) is 41.5 Å². The van der Waals surface area contributed by atoms with Gasteiger partial charge < -0.3 is 5.11 Å². The molecule has 1 heterocycles. The SMILES string of the molecule is CCc1ccc(C(=O)O)cc1S(=O)(=O)N1CC=CCC1. The van der Waals surface area contributed by atoms with Crippen LogP contribution in [0.5, 0.6) is 0 Å². The van der Waals surface area contributed by atoms with Gasteiger partial charge >= 0.3 is 5.97 Å². The van der Waals surface area contributed by atoms with Crippen LogP contribution in [0.1, 0.15) is 29.3 Å². The molecule has 0 radical (unpaired) electrons. The van der Waals surface area contributed by atoms with Crippen LogP contribution in [0.15, 0.2) is 35.2 Å². The van der Waals surface area contributed by atoms with Gasteiger partial charge in [0, 0.05) is 13.1 Å². The van der Waals surface area contributed by atoms with E-state index in [2.05, 4.69) is 0 Å². The third-order valence-electron chi connectivity index (χ3n) is 3.33. The van der Waals surface area contributed by atoms with Crippen molar-refractivity contribution < 1.29 is 18.3 Å². The lowest BCUT2D eigenvalue weighted by Gasteiger charge is -2.24. The zero-order valence-corrected chi connectivity index (χ0v) is 12.1. The Bertz CT molecular complexity index is 649. The molecular weight excluding hydrogens is 278 g/mol. The van der Waals surface area contributed by atoms with E-state index in [0.29, 0.717) is 31.5 Å². The van der Waals surface area contributed by atoms with Crippen LogP contribution >= 0.6 is 0 Å².